The Labute approximate surface area is 195 Å². The summed E-state index contributed by atoms with van der Waals surface area (Å²) in [5, 5.41) is 14.2. The van der Waals surface area contributed by atoms with E-state index in [0.717, 1.165) is 6.42 Å². The number of nitrogens with one attached hydrogen (secondary N) is 1. The molecule has 1 aliphatic rings. The maximum atomic E-state index is 13.3. The number of methoxy groups -OCH3 is 2. The molecule has 10 heteroatoms. The highest BCUT2D eigenvalue weighted by atomic mass is 35.5. The number of aromatic nitrogens is 3. The highest BCUT2D eigenvalue weighted by molar-refractivity contribution is 6.41. The van der Waals surface area contributed by atoms with Gasteiger partial charge in [-0.1, -0.05) is 30.1 Å². The average molecular weight is 479 g/mol. The summed E-state index contributed by atoms with van der Waals surface area (Å²) in [5.41, 5.74) is 0.738. The molecule has 1 aliphatic carbocycles. The molecule has 8 nitrogen and oxygen atoms in total. The van der Waals surface area contributed by atoms with Crippen LogP contribution in [0.4, 0.5) is 5.95 Å². The van der Waals surface area contributed by atoms with Gasteiger partial charge in [-0.15, -0.1) is 0 Å². The van der Waals surface area contributed by atoms with Crippen LogP contribution in [0.1, 0.15) is 19.8 Å². The number of anilines is 1. The zero-order chi connectivity index (χ0) is 23.2. The van der Waals surface area contributed by atoms with Crippen LogP contribution < -0.4 is 20.3 Å². The van der Waals surface area contributed by atoms with Crippen molar-refractivity contribution in [1.29, 1.82) is 0 Å². The third-order valence-electron chi connectivity index (χ3n) is 5.96. The number of pyridine rings is 1. The number of aliphatic hydroxyl groups is 1. The van der Waals surface area contributed by atoms with Crippen LogP contribution in [0.5, 0.6) is 11.5 Å². The topological polar surface area (TPSA) is 98.5 Å². The van der Waals surface area contributed by atoms with Gasteiger partial charge in [-0.3, -0.25) is 9.36 Å². The molecule has 0 saturated heterocycles. The average Bonchev–Trinajstić information content (AvgIpc) is 3.08. The summed E-state index contributed by atoms with van der Waals surface area (Å²) < 4.78 is 12.1. The Bertz CT molecular complexity index is 1220. The molecule has 2 aromatic heterocycles. The fourth-order valence-electron chi connectivity index (χ4n) is 4.20. The van der Waals surface area contributed by atoms with E-state index in [9.17, 15) is 9.90 Å². The van der Waals surface area contributed by atoms with Crippen molar-refractivity contribution in [3.8, 4) is 22.6 Å². The van der Waals surface area contributed by atoms with Gasteiger partial charge in [-0.25, -0.2) is 4.98 Å². The Balaban J connectivity index is 1.83. The third kappa shape index (κ3) is 3.87. The lowest BCUT2D eigenvalue weighted by atomic mass is 10.0. The number of aliphatic hydroxyl groups excluding tert-OH is 1. The molecule has 170 valence electrons. The summed E-state index contributed by atoms with van der Waals surface area (Å²) in [4.78, 5) is 22.3. The molecule has 1 saturated carbocycles. The van der Waals surface area contributed by atoms with Gasteiger partial charge in [-0.2, -0.15) is 4.98 Å². The summed E-state index contributed by atoms with van der Waals surface area (Å²) in [6.45, 7) is 2.08. The molecule has 1 aromatic carbocycles. The second-order valence-electron chi connectivity index (χ2n) is 8.03. The molecule has 2 N–H and O–H groups in total. The van der Waals surface area contributed by atoms with Crippen molar-refractivity contribution in [2.24, 2.45) is 13.0 Å². The van der Waals surface area contributed by atoms with E-state index >= 15 is 0 Å². The summed E-state index contributed by atoms with van der Waals surface area (Å²) >= 11 is 13.0. The number of rotatable bonds is 5. The first kappa shape index (κ1) is 22.6. The molecule has 0 aliphatic heterocycles. The van der Waals surface area contributed by atoms with E-state index in [0.29, 0.717) is 46.4 Å². The number of fused-ring (bicyclic) bond motifs is 1. The molecule has 0 radical (unpaired) electrons. The van der Waals surface area contributed by atoms with Crippen molar-refractivity contribution in [3.63, 3.8) is 0 Å². The zero-order valence-electron chi connectivity index (χ0n) is 18.1. The Morgan fingerprint density at radius 3 is 2.38 bits per heavy atom. The maximum Gasteiger partial charge on any atom is 0.259 e. The van der Waals surface area contributed by atoms with Gasteiger partial charge in [0.05, 0.1) is 35.9 Å². The van der Waals surface area contributed by atoms with E-state index in [1.165, 1.54) is 18.8 Å². The lowest BCUT2D eigenvalue weighted by molar-refractivity contribution is 0.178. The molecule has 4 rings (SSSR count). The van der Waals surface area contributed by atoms with Crippen molar-refractivity contribution in [2.45, 2.75) is 31.9 Å². The molecule has 2 heterocycles. The minimum Gasteiger partial charge on any atom is -0.495 e. The van der Waals surface area contributed by atoms with Crippen LogP contribution in [0.25, 0.3) is 22.2 Å². The van der Waals surface area contributed by atoms with Crippen LogP contribution >= 0.6 is 23.2 Å². The molecule has 3 unspecified atom stereocenters. The maximum absolute atomic E-state index is 13.3. The molecule has 0 spiro atoms. The molecular formula is C22H24Cl2N4O4. The van der Waals surface area contributed by atoms with E-state index in [1.807, 2.05) is 0 Å². The quantitative estimate of drug-likeness (QED) is 0.573. The number of nitrogens with zero attached hydrogens (tertiary/aromatic N) is 3. The van der Waals surface area contributed by atoms with Crippen LogP contribution in [0.3, 0.4) is 0 Å². The second-order valence-corrected chi connectivity index (χ2v) is 8.79. The summed E-state index contributed by atoms with van der Waals surface area (Å²) in [6.07, 6.45) is 2.68. The fourth-order valence-corrected chi connectivity index (χ4v) is 4.90. The second kappa shape index (κ2) is 8.77. The molecule has 32 heavy (non-hydrogen) atoms. The SMILES string of the molecule is COc1cc(OC)c(Cl)c(-c2cc3cnc(NC4CC(O)CC4C)nc3n(C)c2=O)c1Cl. The number of aryl methyl sites for hydroxylation is 1. The van der Waals surface area contributed by atoms with Crippen LogP contribution in [-0.4, -0.2) is 46.0 Å². The largest absolute Gasteiger partial charge is 0.495 e. The van der Waals surface area contributed by atoms with Crippen molar-refractivity contribution in [1.82, 2.24) is 14.5 Å². The van der Waals surface area contributed by atoms with E-state index in [-0.39, 0.29) is 33.3 Å². The van der Waals surface area contributed by atoms with Gasteiger partial charge in [0.2, 0.25) is 5.95 Å². The van der Waals surface area contributed by atoms with Crippen LogP contribution in [-0.2, 0) is 7.05 Å². The molecule has 3 atom stereocenters. The van der Waals surface area contributed by atoms with Crippen LogP contribution in [0.15, 0.2) is 23.1 Å². The van der Waals surface area contributed by atoms with Crippen molar-refractivity contribution >= 4 is 40.2 Å². The number of hydrogen-bond donors (Lipinski definition) is 2. The normalized spacial score (nSPS) is 20.5. The first-order chi connectivity index (χ1) is 15.2. The molecule has 1 fully saturated rings. The first-order valence-electron chi connectivity index (χ1n) is 10.2. The monoisotopic (exact) mass is 478 g/mol. The number of ether oxygens (including phenoxy) is 2. The highest BCUT2D eigenvalue weighted by Crippen LogP contribution is 2.45. The fraction of sp³-hybridized carbons (Fsp3) is 0.409. The van der Waals surface area contributed by atoms with Gasteiger partial charge in [-0.05, 0) is 24.8 Å². The lowest BCUT2D eigenvalue weighted by Crippen LogP contribution is -2.25. The Morgan fingerprint density at radius 2 is 1.81 bits per heavy atom. The van der Waals surface area contributed by atoms with E-state index < -0.39 is 0 Å². The summed E-state index contributed by atoms with van der Waals surface area (Å²) in [7, 11) is 4.58. The predicted molar refractivity (Wildman–Crippen MR) is 125 cm³/mol. The Hall–Kier alpha value is -2.55. The van der Waals surface area contributed by atoms with Crippen molar-refractivity contribution in [2.75, 3.05) is 19.5 Å². The molecule has 0 amide bonds. The van der Waals surface area contributed by atoms with Gasteiger partial charge in [0.15, 0.2) is 0 Å². The van der Waals surface area contributed by atoms with Gasteiger partial charge >= 0.3 is 0 Å². The van der Waals surface area contributed by atoms with Gasteiger partial charge in [0.1, 0.15) is 17.1 Å². The van der Waals surface area contributed by atoms with Crippen LogP contribution in [0.2, 0.25) is 10.0 Å². The smallest absolute Gasteiger partial charge is 0.259 e. The predicted octanol–water partition coefficient (Wildman–Crippen LogP) is 3.89. The molecule has 3 aromatic rings. The zero-order valence-corrected chi connectivity index (χ0v) is 19.7. The van der Waals surface area contributed by atoms with Gasteiger partial charge in [0, 0.05) is 36.3 Å². The highest BCUT2D eigenvalue weighted by Gasteiger charge is 2.30. The van der Waals surface area contributed by atoms with Gasteiger partial charge in [0.25, 0.3) is 5.56 Å². The van der Waals surface area contributed by atoms with E-state index in [1.54, 1.807) is 25.4 Å². The minimum absolute atomic E-state index is 0.0700. The Kier molecular flexibility index (Phi) is 6.20. The van der Waals surface area contributed by atoms with Crippen molar-refractivity contribution in [3.05, 3.63) is 38.7 Å². The summed E-state index contributed by atoms with van der Waals surface area (Å²) in [6, 6.07) is 3.30. The lowest BCUT2D eigenvalue weighted by Gasteiger charge is -2.18. The van der Waals surface area contributed by atoms with E-state index in [2.05, 4.69) is 22.2 Å². The minimum atomic E-state index is -0.329. The standard InChI is InChI=1S/C22H24Cl2N4O4/c1-10-5-12(29)7-14(10)26-22-25-9-11-6-13(21(30)28(2)20(11)27-22)17-18(23)15(31-3)8-16(32-4)19(17)24/h6,8-10,12,14,29H,5,7H2,1-4H3,(H,25,26,27). The number of benzene rings is 1. The first-order valence-corrected chi connectivity index (χ1v) is 10.9. The van der Waals surface area contributed by atoms with E-state index in [4.69, 9.17) is 32.7 Å². The van der Waals surface area contributed by atoms with Crippen molar-refractivity contribution < 1.29 is 14.6 Å². The number of hydrogen-bond acceptors (Lipinski definition) is 7. The van der Waals surface area contributed by atoms with Crippen LogP contribution in [0, 0.1) is 5.92 Å². The molecular weight excluding hydrogens is 455 g/mol. The number of halogens is 2. The Morgan fingerprint density at radius 1 is 1.16 bits per heavy atom. The summed E-state index contributed by atoms with van der Waals surface area (Å²) in [5.74, 6) is 1.38. The molecule has 0 bridgehead atoms. The van der Waals surface area contributed by atoms with Gasteiger partial charge < -0.3 is 19.9 Å². The third-order valence-corrected chi connectivity index (χ3v) is 6.71.